The Labute approximate surface area is 92.4 Å². The van der Waals surface area contributed by atoms with Crippen LogP contribution in [0.3, 0.4) is 0 Å². The fourth-order valence-corrected chi connectivity index (χ4v) is 3.90. The third kappa shape index (κ3) is 1.41. The number of carbonyl (C=O) groups excluding carboxylic acids is 1. The van der Waals surface area contributed by atoms with Gasteiger partial charge < -0.3 is 4.74 Å². The van der Waals surface area contributed by atoms with E-state index in [2.05, 4.69) is 27.7 Å². The lowest BCUT2D eigenvalue weighted by molar-refractivity contribution is -0.147. The molecule has 0 spiro atoms. The van der Waals surface area contributed by atoms with Crippen molar-refractivity contribution in [3.63, 3.8) is 0 Å². The van der Waals surface area contributed by atoms with E-state index in [4.69, 9.17) is 4.74 Å². The molecule has 1 saturated carbocycles. The summed E-state index contributed by atoms with van der Waals surface area (Å²) >= 11 is 0. The van der Waals surface area contributed by atoms with Gasteiger partial charge in [0.2, 0.25) is 0 Å². The van der Waals surface area contributed by atoms with Crippen molar-refractivity contribution in [3.05, 3.63) is 0 Å². The van der Waals surface area contributed by atoms with E-state index in [9.17, 15) is 4.79 Å². The first-order valence-electron chi connectivity index (χ1n) is 6.19. The number of ether oxygens (including phenoxy) is 1. The summed E-state index contributed by atoms with van der Waals surface area (Å²) < 4.78 is 5.40. The topological polar surface area (TPSA) is 26.3 Å². The monoisotopic (exact) mass is 210 g/mol. The summed E-state index contributed by atoms with van der Waals surface area (Å²) in [5, 5.41) is 0. The molecule has 1 saturated heterocycles. The summed E-state index contributed by atoms with van der Waals surface area (Å²) in [5.41, 5.74) is 0.185. The Morgan fingerprint density at radius 1 is 1.27 bits per heavy atom. The van der Waals surface area contributed by atoms with E-state index in [0.29, 0.717) is 11.8 Å². The maximum absolute atomic E-state index is 11.9. The van der Waals surface area contributed by atoms with Gasteiger partial charge in [0.05, 0.1) is 5.92 Å². The van der Waals surface area contributed by atoms with Gasteiger partial charge in [-0.3, -0.25) is 4.79 Å². The highest BCUT2D eigenvalue weighted by Gasteiger charge is 2.55. The standard InChI is InChI=1S/C13H22O2/c1-8(2)13(9(3)4)6-5-10-7-11(13)12(14)15-10/h8-11H,5-7H2,1-4H3. The maximum atomic E-state index is 11.9. The molecule has 15 heavy (non-hydrogen) atoms. The van der Waals surface area contributed by atoms with Crippen molar-refractivity contribution in [1.82, 2.24) is 0 Å². The van der Waals surface area contributed by atoms with E-state index < -0.39 is 0 Å². The molecule has 1 aliphatic carbocycles. The lowest BCUT2D eigenvalue weighted by Gasteiger charge is -2.46. The van der Waals surface area contributed by atoms with E-state index >= 15 is 0 Å². The predicted molar refractivity (Wildman–Crippen MR) is 59.3 cm³/mol. The van der Waals surface area contributed by atoms with Crippen LogP contribution in [0.1, 0.15) is 47.0 Å². The molecular weight excluding hydrogens is 188 g/mol. The number of hydrogen-bond donors (Lipinski definition) is 0. The van der Waals surface area contributed by atoms with E-state index in [1.807, 2.05) is 0 Å². The number of hydrogen-bond acceptors (Lipinski definition) is 2. The average Bonchev–Trinajstić information content (AvgIpc) is 2.43. The van der Waals surface area contributed by atoms with Crippen molar-refractivity contribution in [2.45, 2.75) is 53.1 Å². The van der Waals surface area contributed by atoms with Crippen LogP contribution in [0.2, 0.25) is 0 Å². The van der Waals surface area contributed by atoms with Gasteiger partial charge in [0, 0.05) is 0 Å². The van der Waals surface area contributed by atoms with Crippen LogP contribution >= 0.6 is 0 Å². The lowest BCUT2D eigenvalue weighted by atomic mass is 9.56. The smallest absolute Gasteiger partial charge is 0.309 e. The lowest BCUT2D eigenvalue weighted by Crippen LogP contribution is -2.44. The fourth-order valence-electron chi connectivity index (χ4n) is 3.90. The summed E-state index contributed by atoms with van der Waals surface area (Å²) in [6.07, 6.45) is 3.42. The molecule has 0 amide bonds. The Bertz CT molecular complexity index is 260. The summed E-state index contributed by atoms with van der Waals surface area (Å²) in [6.45, 7) is 9.02. The van der Waals surface area contributed by atoms with Crippen molar-refractivity contribution in [1.29, 1.82) is 0 Å². The molecule has 2 atom stereocenters. The molecule has 0 aromatic carbocycles. The highest BCUT2D eigenvalue weighted by molar-refractivity contribution is 5.76. The van der Waals surface area contributed by atoms with Crippen LogP contribution in [-0.4, -0.2) is 12.1 Å². The van der Waals surface area contributed by atoms with Gasteiger partial charge in [-0.15, -0.1) is 0 Å². The maximum Gasteiger partial charge on any atom is 0.309 e. The number of esters is 1. The van der Waals surface area contributed by atoms with Crippen molar-refractivity contribution >= 4 is 5.97 Å². The summed E-state index contributed by atoms with van der Waals surface area (Å²) in [5.74, 6) is 1.36. The Balaban J connectivity index is 2.35. The van der Waals surface area contributed by atoms with Crippen LogP contribution in [0.25, 0.3) is 0 Å². The first-order valence-corrected chi connectivity index (χ1v) is 6.19. The molecule has 1 heterocycles. The second kappa shape index (κ2) is 3.50. The quantitative estimate of drug-likeness (QED) is 0.655. The van der Waals surface area contributed by atoms with E-state index in [1.165, 1.54) is 0 Å². The largest absolute Gasteiger partial charge is 0.462 e. The Morgan fingerprint density at radius 2 is 1.87 bits per heavy atom. The van der Waals surface area contributed by atoms with Crippen LogP contribution in [-0.2, 0) is 9.53 Å². The minimum absolute atomic E-state index is 0.0694. The zero-order valence-corrected chi connectivity index (χ0v) is 10.2. The number of rotatable bonds is 2. The minimum Gasteiger partial charge on any atom is -0.462 e. The molecule has 2 fully saturated rings. The van der Waals surface area contributed by atoms with Gasteiger partial charge in [-0.2, -0.15) is 0 Å². The van der Waals surface area contributed by atoms with Gasteiger partial charge in [-0.25, -0.2) is 0 Å². The van der Waals surface area contributed by atoms with Gasteiger partial charge in [0.15, 0.2) is 0 Å². The van der Waals surface area contributed by atoms with Gasteiger partial charge >= 0.3 is 5.97 Å². The molecule has 2 unspecified atom stereocenters. The molecule has 0 aromatic heterocycles. The SMILES string of the molecule is CC(C)C1(C(C)C)CCC2CC1C(=O)O2. The van der Waals surface area contributed by atoms with Crippen molar-refractivity contribution in [3.8, 4) is 0 Å². The first-order chi connectivity index (χ1) is 6.98. The van der Waals surface area contributed by atoms with Gasteiger partial charge in [-0.05, 0) is 36.5 Å². The molecule has 2 bridgehead atoms. The Hall–Kier alpha value is -0.530. The minimum atomic E-state index is 0.0694. The molecule has 2 rings (SSSR count). The van der Waals surface area contributed by atoms with Crippen LogP contribution in [0, 0.1) is 23.2 Å². The van der Waals surface area contributed by atoms with Crippen LogP contribution in [0.5, 0.6) is 0 Å². The fraction of sp³-hybridized carbons (Fsp3) is 0.923. The summed E-state index contributed by atoms with van der Waals surface area (Å²) in [6, 6.07) is 0. The molecule has 86 valence electrons. The summed E-state index contributed by atoms with van der Waals surface area (Å²) in [4.78, 5) is 11.9. The average molecular weight is 210 g/mol. The second-order valence-electron chi connectivity index (χ2n) is 5.81. The highest BCUT2D eigenvalue weighted by atomic mass is 16.6. The van der Waals surface area contributed by atoms with E-state index in [0.717, 1.165) is 19.3 Å². The summed E-state index contributed by atoms with van der Waals surface area (Å²) in [7, 11) is 0. The van der Waals surface area contributed by atoms with E-state index in [1.54, 1.807) is 0 Å². The van der Waals surface area contributed by atoms with Crippen LogP contribution < -0.4 is 0 Å². The van der Waals surface area contributed by atoms with Crippen LogP contribution in [0.4, 0.5) is 0 Å². The zero-order chi connectivity index (χ0) is 11.2. The number of carbonyl (C=O) groups is 1. The molecule has 2 heteroatoms. The van der Waals surface area contributed by atoms with Crippen molar-refractivity contribution < 1.29 is 9.53 Å². The molecular formula is C13H22O2. The van der Waals surface area contributed by atoms with Crippen molar-refractivity contribution in [2.75, 3.05) is 0 Å². The Morgan fingerprint density at radius 3 is 2.40 bits per heavy atom. The zero-order valence-electron chi connectivity index (χ0n) is 10.2. The van der Waals surface area contributed by atoms with Crippen LogP contribution in [0.15, 0.2) is 0 Å². The first kappa shape index (κ1) is 11.0. The number of fused-ring (bicyclic) bond motifs is 2. The normalized spacial score (nSPS) is 33.6. The third-order valence-electron chi connectivity index (χ3n) is 4.76. The second-order valence-corrected chi connectivity index (χ2v) is 5.81. The highest BCUT2D eigenvalue weighted by Crippen LogP contribution is 2.55. The van der Waals surface area contributed by atoms with Gasteiger partial charge in [-0.1, -0.05) is 27.7 Å². The van der Waals surface area contributed by atoms with Gasteiger partial charge in [0.25, 0.3) is 0 Å². The van der Waals surface area contributed by atoms with Crippen molar-refractivity contribution in [2.24, 2.45) is 23.2 Å². The molecule has 0 radical (unpaired) electrons. The molecule has 2 nitrogen and oxygen atoms in total. The predicted octanol–water partition coefficient (Wildman–Crippen LogP) is 3.01. The molecule has 1 aliphatic heterocycles. The molecule has 0 N–H and O–H groups in total. The molecule has 0 aromatic rings. The third-order valence-corrected chi connectivity index (χ3v) is 4.76. The molecule has 2 aliphatic rings. The Kier molecular flexibility index (Phi) is 2.56. The van der Waals surface area contributed by atoms with E-state index in [-0.39, 0.29) is 23.4 Å². The van der Waals surface area contributed by atoms with Gasteiger partial charge in [0.1, 0.15) is 6.10 Å².